The van der Waals surface area contributed by atoms with Gasteiger partial charge in [-0.15, -0.1) is 0 Å². The minimum atomic E-state index is 1.15. The summed E-state index contributed by atoms with van der Waals surface area (Å²) in [4.78, 5) is 2.41. The van der Waals surface area contributed by atoms with Crippen molar-refractivity contribution in [3.05, 3.63) is 29.8 Å². The molecule has 0 saturated carbocycles. The summed E-state index contributed by atoms with van der Waals surface area (Å²) < 4.78 is 0. The second kappa shape index (κ2) is 6.68. The van der Waals surface area contributed by atoms with Crippen molar-refractivity contribution in [2.45, 2.75) is 33.6 Å². The van der Waals surface area contributed by atoms with Gasteiger partial charge in [0.05, 0.1) is 0 Å². The topological polar surface area (TPSA) is 3.24 Å². The molecular weight excluding hydrogens is 181 g/mol. The van der Waals surface area contributed by atoms with Crippen LogP contribution in [-0.4, -0.2) is 25.3 Å². The molecule has 1 aromatic carbocycles. The third-order valence-corrected chi connectivity index (χ3v) is 2.40. The number of hydrogen-bond donors (Lipinski definition) is 0. The summed E-state index contributed by atoms with van der Waals surface area (Å²) in [6.07, 6.45) is 2.42. The number of hydrogen-bond acceptors (Lipinski definition) is 1. The van der Waals surface area contributed by atoms with Crippen LogP contribution >= 0.6 is 0 Å². The predicted molar refractivity (Wildman–Crippen MR) is 68.7 cm³/mol. The van der Waals surface area contributed by atoms with E-state index in [9.17, 15) is 0 Å². The van der Waals surface area contributed by atoms with Crippen LogP contribution in [0, 0.1) is 6.92 Å². The van der Waals surface area contributed by atoms with E-state index in [4.69, 9.17) is 0 Å². The van der Waals surface area contributed by atoms with Gasteiger partial charge in [0.2, 0.25) is 7.41 Å². The highest BCUT2D eigenvalue weighted by Gasteiger charge is 2.05. The van der Waals surface area contributed by atoms with Gasteiger partial charge in [0, 0.05) is 0 Å². The van der Waals surface area contributed by atoms with Gasteiger partial charge in [-0.1, -0.05) is 49.1 Å². The molecule has 15 heavy (non-hydrogen) atoms. The Morgan fingerprint density at radius 3 is 2.33 bits per heavy atom. The van der Waals surface area contributed by atoms with Crippen LogP contribution in [0.5, 0.6) is 0 Å². The smallest absolute Gasteiger partial charge is 0.247 e. The molecule has 0 heterocycles. The Morgan fingerprint density at radius 1 is 1.13 bits per heavy atom. The van der Waals surface area contributed by atoms with Crippen LogP contribution in [0.2, 0.25) is 0 Å². The fourth-order valence-electron chi connectivity index (χ4n) is 1.78. The maximum absolute atomic E-state index is 2.41. The third kappa shape index (κ3) is 4.52. The lowest BCUT2D eigenvalue weighted by molar-refractivity contribution is 0.445. The Kier molecular flexibility index (Phi) is 5.48. The number of nitrogens with zero attached hydrogens (tertiary/aromatic N) is 1. The predicted octanol–water partition coefficient (Wildman–Crippen LogP) is 2.36. The average Bonchev–Trinajstić information content (AvgIpc) is 2.18. The molecule has 0 aliphatic rings. The molecule has 0 aliphatic heterocycles. The first-order valence-electron chi connectivity index (χ1n) is 5.91. The summed E-state index contributed by atoms with van der Waals surface area (Å²) in [6, 6.07) is 8.67. The molecule has 81 valence electrons. The van der Waals surface area contributed by atoms with Gasteiger partial charge in [0.15, 0.2) is 0 Å². The van der Waals surface area contributed by atoms with Gasteiger partial charge in [-0.05, 0) is 32.9 Å². The van der Waals surface area contributed by atoms with Gasteiger partial charge >= 0.3 is 0 Å². The minimum Gasteiger partial charge on any atom is -0.342 e. The molecule has 0 aromatic heterocycles. The fourth-order valence-corrected chi connectivity index (χ4v) is 1.78. The zero-order chi connectivity index (χ0) is 11.1. The average molecular weight is 202 g/mol. The lowest BCUT2D eigenvalue weighted by Crippen LogP contribution is -2.37. The highest BCUT2D eigenvalue weighted by molar-refractivity contribution is 6.50. The van der Waals surface area contributed by atoms with Crippen LogP contribution in [0.15, 0.2) is 24.3 Å². The maximum Gasteiger partial charge on any atom is 0.247 e. The highest BCUT2D eigenvalue weighted by atomic mass is 15.0. The van der Waals surface area contributed by atoms with E-state index in [0.29, 0.717) is 0 Å². The first-order valence-corrected chi connectivity index (χ1v) is 5.91. The molecule has 1 aromatic rings. The summed E-state index contributed by atoms with van der Waals surface area (Å²) in [5.74, 6) is 0. The number of aryl methyl sites for hydroxylation is 1. The van der Waals surface area contributed by atoms with Crippen molar-refractivity contribution in [2.75, 3.05) is 13.1 Å². The van der Waals surface area contributed by atoms with E-state index in [2.05, 4.69) is 57.3 Å². The van der Waals surface area contributed by atoms with E-state index in [1.807, 2.05) is 0 Å². The van der Waals surface area contributed by atoms with E-state index in [1.165, 1.54) is 23.9 Å². The van der Waals surface area contributed by atoms with Crippen molar-refractivity contribution in [3.63, 3.8) is 0 Å². The normalized spacial score (nSPS) is 10.7. The molecular formula is C13H21BN. The lowest BCUT2D eigenvalue weighted by Gasteiger charge is -2.20. The second-order valence-electron chi connectivity index (χ2n) is 4.08. The van der Waals surface area contributed by atoms with Crippen LogP contribution in [-0.2, 0) is 0 Å². The van der Waals surface area contributed by atoms with Crippen LogP contribution in [0.4, 0.5) is 0 Å². The van der Waals surface area contributed by atoms with Crippen LogP contribution in [0.1, 0.15) is 32.3 Å². The van der Waals surface area contributed by atoms with Crippen molar-refractivity contribution in [2.24, 2.45) is 0 Å². The largest absolute Gasteiger partial charge is 0.342 e. The summed E-state index contributed by atoms with van der Waals surface area (Å²) >= 11 is 0. The molecule has 0 aliphatic carbocycles. The summed E-state index contributed by atoms with van der Waals surface area (Å²) in [5, 5.41) is 0. The summed E-state index contributed by atoms with van der Waals surface area (Å²) in [7, 11) is 2.28. The van der Waals surface area contributed by atoms with E-state index >= 15 is 0 Å². The van der Waals surface area contributed by atoms with E-state index in [1.54, 1.807) is 0 Å². The van der Waals surface area contributed by atoms with Gasteiger partial charge < -0.3 is 4.81 Å². The van der Waals surface area contributed by atoms with Crippen LogP contribution in [0.25, 0.3) is 0 Å². The Morgan fingerprint density at radius 2 is 1.80 bits per heavy atom. The zero-order valence-corrected chi connectivity index (χ0v) is 10.2. The molecule has 0 bridgehead atoms. The zero-order valence-electron chi connectivity index (χ0n) is 10.2. The van der Waals surface area contributed by atoms with Gasteiger partial charge in [-0.25, -0.2) is 0 Å². The first kappa shape index (κ1) is 12.3. The molecule has 0 amide bonds. The molecule has 1 radical (unpaired) electrons. The SMILES string of the molecule is CCCN([B]c1cccc(C)c1)CCC. The molecule has 0 N–H and O–H groups in total. The van der Waals surface area contributed by atoms with Gasteiger partial charge in [0.25, 0.3) is 0 Å². The Bertz CT molecular complexity index is 280. The highest BCUT2D eigenvalue weighted by Crippen LogP contribution is 1.96. The first-order chi connectivity index (χ1) is 7.26. The molecule has 0 spiro atoms. The van der Waals surface area contributed by atoms with Gasteiger partial charge in [0.1, 0.15) is 0 Å². The monoisotopic (exact) mass is 202 g/mol. The van der Waals surface area contributed by atoms with Crippen molar-refractivity contribution < 1.29 is 0 Å². The van der Waals surface area contributed by atoms with Crippen molar-refractivity contribution in [1.29, 1.82) is 0 Å². The summed E-state index contributed by atoms with van der Waals surface area (Å²) in [6.45, 7) is 8.91. The molecule has 0 saturated heterocycles. The van der Waals surface area contributed by atoms with Gasteiger partial charge in [-0.3, -0.25) is 0 Å². The van der Waals surface area contributed by atoms with Crippen LogP contribution < -0.4 is 5.46 Å². The fraction of sp³-hybridized carbons (Fsp3) is 0.538. The number of rotatable bonds is 6. The summed E-state index contributed by atoms with van der Waals surface area (Å²) in [5.41, 5.74) is 2.65. The van der Waals surface area contributed by atoms with Crippen molar-refractivity contribution in [3.8, 4) is 0 Å². The Balaban J connectivity index is 2.56. The molecule has 1 rings (SSSR count). The molecule has 0 atom stereocenters. The molecule has 2 heteroatoms. The maximum atomic E-state index is 2.41. The lowest BCUT2D eigenvalue weighted by atomic mass is 9.79. The van der Waals surface area contributed by atoms with Crippen molar-refractivity contribution >= 4 is 12.9 Å². The van der Waals surface area contributed by atoms with E-state index in [-0.39, 0.29) is 0 Å². The minimum absolute atomic E-state index is 1.15. The Labute approximate surface area is 94.8 Å². The standard InChI is InChI=1S/C13H21BN/c1-4-9-15(10-5-2)14-13-8-6-7-12(3)11-13/h6-8,11H,4-5,9-10H2,1-3H3. The third-order valence-electron chi connectivity index (χ3n) is 2.40. The van der Waals surface area contributed by atoms with Crippen LogP contribution in [0.3, 0.4) is 0 Å². The molecule has 0 fully saturated rings. The second-order valence-corrected chi connectivity index (χ2v) is 4.08. The molecule has 0 unspecified atom stereocenters. The quantitative estimate of drug-likeness (QED) is 0.640. The Hall–Kier alpha value is -0.755. The van der Waals surface area contributed by atoms with Gasteiger partial charge in [-0.2, -0.15) is 0 Å². The van der Waals surface area contributed by atoms with E-state index < -0.39 is 0 Å². The van der Waals surface area contributed by atoms with Crippen molar-refractivity contribution in [1.82, 2.24) is 4.81 Å². The van der Waals surface area contributed by atoms with E-state index in [0.717, 1.165) is 13.1 Å². The molecule has 1 nitrogen and oxygen atoms in total. The number of benzene rings is 1.